The SMILES string of the molecule is CC(C)CN(CC(F)(F)F)C(=O)CN1CCCC(C(=O)N2CCOCC2)C1. The van der Waals surface area contributed by atoms with E-state index in [1.165, 1.54) is 0 Å². The molecule has 0 radical (unpaired) electrons. The number of amides is 2. The average molecular weight is 393 g/mol. The molecule has 0 saturated carbocycles. The van der Waals surface area contributed by atoms with Crippen LogP contribution in [-0.4, -0.2) is 91.7 Å². The maximum atomic E-state index is 12.8. The first kappa shape index (κ1) is 21.9. The zero-order chi connectivity index (χ0) is 20.0. The molecule has 9 heteroatoms. The molecule has 2 fully saturated rings. The summed E-state index contributed by atoms with van der Waals surface area (Å²) in [6, 6.07) is 0. The van der Waals surface area contributed by atoms with E-state index in [2.05, 4.69) is 0 Å². The highest BCUT2D eigenvalue weighted by molar-refractivity contribution is 5.80. The lowest BCUT2D eigenvalue weighted by atomic mass is 9.96. The van der Waals surface area contributed by atoms with E-state index in [9.17, 15) is 22.8 Å². The standard InChI is InChI=1S/C18H30F3N3O3/c1-14(2)10-24(13-18(19,20)21)16(25)12-22-5-3-4-15(11-22)17(26)23-6-8-27-9-7-23/h14-15H,3-13H2,1-2H3. The summed E-state index contributed by atoms with van der Waals surface area (Å²) in [6.45, 7) is 5.59. The van der Waals surface area contributed by atoms with Crippen LogP contribution >= 0.6 is 0 Å². The molecule has 2 aliphatic heterocycles. The van der Waals surface area contributed by atoms with Crippen LogP contribution in [0.3, 0.4) is 0 Å². The predicted octanol–water partition coefficient (Wildman–Crippen LogP) is 1.60. The van der Waals surface area contributed by atoms with E-state index in [1.54, 1.807) is 18.7 Å². The zero-order valence-corrected chi connectivity index (χ0v) is 16.1. The first-order valence-electron chi connectivity index (χ1n) is 9.59. The monoisotopic (exact) mass is 393 g/mol. The van der Waals surface area contributed by atoms with E-state index in [1.807, 2.05) is 4.90 Å². The number of carbonyl (C=O) groups excluding carboxylic acids is 2. The van der Waals surface area contributed by atoms with E-state index in [0.29, 0.717) is 39.4 Å². The topological polar surface area (TPSA) is 53.1 Å². The lowest BCUT2D eigenvalue weighted by Crippen LogP contribution is -2.51. The third-order valence-corrected chi connectivity index (χ3v) is 4.84. The normalized spacial score (nSPS) is 22.1. The molecule has 0 aromatic heterocycles. The maximum Gasteiger partial charge on any atom is 0.406 e. The van der Waals surface area contributed by atoms with Gasteiger partial charge in [0, 0.05) is 26.2 Å². The largest absolute Gasteiger partial charge is 0.406 e. The number of likely N-dealkylation sites (tertiary alicyclic amines) is 1. The van der Waals surface area contributed by atoms with Crippen LogP contribution in [0.25, 0.3) is 0 Å². The van der Waals surface area contributed by atoms with Crippen LogP contribution in [0, 0.1) is 11.8 Å². The smallest absolute Gasteiger partial charge is 0.378 e. The van der Waals surface area contributed by atoms with Gasteiger partial charge < -0.3 is 14.5 Å². The van der Waals surface area contributed by atoms with E-state index in [4.69, 9.17) is 4.74 Å². The Labute approximate surface area is 158 Å². The minimum absolute atomic E-state index is 0.0479. The van der Waals surface area contributed by atoms with Crippen LogP contribution < -0.4 is 0 Å². The quantitative estimate of drug-likeness (QED) is 0.688. The predicted molar refractivity (Wildman–Crippen MR) is 94.0 cm³/mol. The van der Waals surface area contributed by atoms with E-state index < -0.39 is 18.6 Å². The minimum Gasteiger partial charge on any atom is -0.378 e. The Morgan fingerprint density at radius 1 is 1.19 bits per heavy atom. The van der Waals surface area contributed by atoms with Gasteiger partial charge in [-0.1, -0.05) is 13.8 Å². The molecule has 0 bridgehead atoms. The molecule has 27 heavy (non-hydrogen) atoms. The fourth-order valence-corrected chi connectivity index (χ4v) is 3.65. The Hall–Kier alpha value is -1.35. The highest BCUT2D eigenvalue weighted by atomic mass is 19.4. The molecule has 0 spiro atoms. The van der Waals surface area contributed by atoms with Gasteiger partial charge in [-0.05, 0) is 25.3 Å². The van der Waals surface area contributed by atoms with Crippen molar-refractivity contribution < 1.29 is 27.5 Å². The average Bonchev–Trinajstić information content (AvgIpc) is 2.60. The number of halogens is 3. The minimum atomic E-state index is -4.42. The number of hydrogen-bond acceptors (Lipinski definition) is 4. The number of alkyl halides is 3. The van der Waals surface area contributed by atoms with E-state index >= 15 is 0 Å². The summed E-state index contributed by atoms with van der Waals surface area (Å²) in [4.78, 5) is 29.6. The van der Waals surface area contributed by atoms with Gasteiger partial charge in [0.05, 0.1) is 25.7 Å². The Morgan fingerprint density at radius 3 is 2.44 bits per heavy atom. The fourth-order valence-electron chi connectivity index (χ4n) is 3.65. The molecular weight excluding hydrogens is 363 g/mol. The summed E-state index contributed by atoms with van der Waals surface area (Å²) in [5, 5.41) is 0. The highest BCUT2D eigenvalue weighted by Gasteiger charge is 2.35. The van der Waals surface area contributed by atoms with Crippen molar-refractivity contribution in [1.29, 1.82) is 0 Å². The van der Waals surface area contributed by atoms with Gasteiger partial charge in [-0.3, -0.25) is 14.5 Å². The van der Waals surface area contributed by atoms with Crippen LogP contribution in [0.5, 0.6) is 0 Å². The molecule has 1 atom stereocenters. The summed E-state index contributed by atoms with van der Waals surface area (Å²) < 4.78 is 43.7. The van der Waals surface area contributed by atoms with Crippen LogP contribution in [0.1, 0.15) is 26.7 Å². The van der Waals surface area contributed by atoms with Crippen molar-refractivity contribution in [1.82, 2.24) is 14.7 Å². The number of nitrogens with zero attached hydrogens (tertiary/aromatic N) is 3. The second-order valence-electron chi connectivity index (χ2n) is 7.80. The van der Waals surface area contributed by atoms with Gasteiger partial charge >= 0.3 is 6.18 Å². The van der Waals surface area contributed by atoms with Gasteiger partial charge in [0.15, 0.2) is 0 Å². The number of hydrogen-bond donors (Lipinski definition) is 0. The van der Waals surface area contributed by atoms with Crippen molar-refractivity contribution in [3.8, 4) is 0 Å². The molecule has 2 heterocycles. The Kier molecular flexibility index (Phi) is 7.91. The second kappa shape index (κ2) is 9.73. The van der Waals surface area contributed by atoms with Crippen LogP contribution in [0.4, 0.5) is 13.2 Å². The highest BCUT2D eigenvalue weighted by Crippen LogP contribution is 2.21. The van der Waals surface area contributed by atoms with Gasteiger partial charge in [0.25, 0.3) is 0 Å². The van der Waals surface area contributed by atoms with Crippen LogP contribution in [-0.2, 0) is 14.3 Å². The first-order chi connectivity index (χ1) is 12.7. The van der Waals surface area contributed by atoms with E-state index in [-0.39, 0.29) is 30.8 Å². The zero-order valence-electron chi connectivity index (χ0n) is 16.1. The fraction of sp³-hybridized carbons (Fsp3) is 0.889. The van der Waals surface area contributed by atoms with Crippen molar-refractivity contribution in [3.63, 3.8) is 0 Å². The first-order valence-corrected chi connectivity index (χ1v) is 9.59. The number of ether oxygens (including phenoxy) is 1. The molecule has 1 unspecified atom stereocenters. The Morgan fingerprint density at radius 2 is 1.85 bits per heavy atom. The number of carbonyl (C=O) groups is 2. The number of rotatable bonds is 6. The maximum absolute atomic E-state index is 12.8. The van der Waals surface area contributed by atoms with Gasteiger partial charge in [-0.15, -0.1) is 0 Å². The third kappa shape index (κ3) is 7.29. The molecule has 2 aliphatic rings. The number of morpholine rings is 1. The van der Waals surface area contributed by atoms with Gasteiger partial charge in [0.2, 0.25) is 11.8 Å². The van der Waals surface area contributed by atoms with Gasteiger partial charge in [-0.2, -0.15) is 13.2 Å². The summed E-state index contributed by atoms with van der Waals surface area (Å²) in [7, 11) is 0. The van der Waals surface area contributed by atoms with E-state index in [0.717, 1.165) is 17.7 Å². The summed E-state index contributed by atoms with van der Waals surface area (Å²) in [5.41, 5.74) is 0. The molecule has 6 nitrogen and oxygen atoms in total. The molecule has 2 saturated heterocycles. The summed E-state index contributed by atoms with van der Waals surface area (Å²) in [5.74, 6) is -0.718. The lowest BCUT2D eigenvalue weighted by Gasteiger charge is -2.36. The van der Waals surface area contributed by atoms with Crippen LogP contribution in [0.15, 0.2) is 0 Å². The molecule has 0 aromatic rings. The van der Waals surface area contributed by atoms with Crippen molar-refractivity contribution in [2.75, 3.05) is 59.0 Å². The van der Waals surface area contributed by atoms with Gasteiger partial charge in [0.1, 0.15) is 6.54 Å². The van der Waals surface area contributed by atoms with Crippen molar-refractivity contribution in [3.05, 3.63) is 0 Å². The molecular formula is C18H30F3N3O3. The lowest BCUT2D eigenvalue weighted by molar-refractivity contribution is -0.163. The molecule has 2 rings (SSSR count). The third-order valence-electron chi connectivity index (χ3n) is 4.84. The Bertz CT molecular complexity index is 508. The van der Waals surface area contributed by atoms with Crippen LogP contribution in [0.2, 0.25) is 0 Å². The Balaban J connectivity index is 1.92. The molecule has 156 valence electrons. The molecule has 2 amide bonds. The second-order valence-corrected chi connectivity index (χ2v) is 7.80. The molecule has 0 aliphatic carbocycles. The molecule has 0 aromatic carbocycles. The van der Waals surface area contributed by atoms with Gasteiger partial charge in [-0.25, -0.2) is 0 Å². The number of piperidine rings is 1. The summed E-state index contributed by atoms with van der Waals surface area (Å²) >= 11 is 0. The van der Waals surface area contributed by atoms with Crippen molar-refractivity contribution in [2.24, 2.45) is 11.8 Å². The molecule has 0 N–H and O–H groups in total. The van der Waals surface area contributed by atoms with Crippen molar-refractivity contribution in [2.45, 2.75) is 32.9 Å². The van der Waals surface area contributed by atoms with Crippen molar-refractivity contribution >= 4 is 11.8 Å². The summed E-state index contributed by atoms with van der Waals surface area (Å²) in [6.07, 6.45) is -2.90.